The van der Waals surface area contributed by atoms with Crippen molar-refractivity contribution in [2.24, 2.45) is 0 Å². The zero-order valence-corrected chi connectivity index (χ0v) is 17.9. The SMILES string of the molecule is CCOc1cccc(C(=O)NC(=S)Nc2ccc3nn(-c4ccc(C)cc4)nc3c2)c1. The number of benzene rings is 3. The van der Waals surface area contributed by atoms with Crippen LogP contribution >= 0.6 is 12.2 Å². The highest BCUT2D eigenvalue weighted by atomic mass is 32.1. The van der Waals surface area contributed by atoms with Crippen LogP contribution in [0.3, 0.4) is 0 Å². The van der Waals surface area contributed by atoms with Gasteiger partial charge >= 0.3 is 0 Å². The average molecular weight is 432 g/mol. The Labute approximate surface area is 185 Å². The maximum atomic E-state index is 12.5. The topological polar surface area (TPSA) is 81.1 Å². The number of nitrogens with one attached hydrogen (secondary N) is 2. The summed E-state index contributed by atoms with van der Waals surface area (Å²) in [6, 6.07) is 20.4. The number of fused-ring (bicyclic) bond motifs is 1. The lowest BCUT2D eigenvalue weighted by molar-refractivity contribution is 0.0977. The molecule has 156 valence electrons. The van der Waals surface area contributed by atoms with Crippen molar-refractivity contribution in [3.05, 3.63) is 77.9 Å². The monoisotopic (exact) mass is 431 g/mol. The van der Waals surface area contributed by atoms with Gasteiger partial charge in [0.1, 0.15) is 16.8 Å². The van der Waals surface area contributed by atoms with Gasteiger partial charge in [0, 0.05) is 11.3 Å². The minimum Gasteiger partial charge on any atom is -0.494 e. The van der Waals surface area contributed by atoms with E-state index in [1.165, 1.54) is 5.56 Å². The summed E-state index contributed by atoms with van der Waals surface area (Å²) in [5, 5.41) is 14.9. The third-order valence-electron chi connectivity index (χ3n) is 4.54. The van der Waals surface area contributed by atoms with Gasteiger partial charge in [-0.3, -0.25) is 10.1 Å². The molecule has 0 radical (unpaired) electrons. The van der Waals surface area contributed by atoms with E-state index in [1.54, 1.807) is 29.1 Å². The van der Waals surface area contributed by atoms with Crippen molar-refractivity contribution in [3.8, 4) is 11.4 Å². The van der Waals surface area contributed by atoms with Crippen molar-refractivity contribution in [1.29, 1.82) is 0 Å². The van der Waals surface area contributed by atoms with Crippen molar-refractivity contribution >= 4 is 40.0 Å². The van der Waals surface area contributed by atoms with Gasteiger partial charge in [-0.1, -0.05) is 23.8 Å². The first-order valence-electron chi connectivity index (χ1n) is 9.81. The Hall–Kier alpha value is -3.78. The minimum absolute atomic E-state index is 0.192. The number of amides is 1. The van der Waals surface area contributed by atoms with Crippen molar-refractivity contribution in [2.75, 3.05) is 11.9 Å². The Morgan fingerprint density at radius 1 is 1.03 bits per heavy atom. The standard InChI is InChI=1S/C23H21N5O2S/c1-3-30-19-6-4-5-16(13-19)22(29)25-23(31)24-17-9-12-20-21(14-17)27-28(26-20)18-10-7-15(2)8-11-18/h4-14H,3H2,1-2H3,(H2,24,25,29,31). The van der Waals surface area contributed by atoms with Crippen molar-refractivity contribution in [1.82, 2.24) is 20.3 Å². The number of hydrogen-bond acceptors (Lipinski definition) is 5. The molecule has 0 aliphatic carbocycles. The molecule has 0 fully saturated rings. The molecule has 7 nitrogen and oxygen atoms in total. The Morgan fingerprint density at radius 2 is 1.81 bits per heavy atom. The van der Waals surface area contributed by atoms with Crippen LogP contribution in [0.2, 0.25) is 0 Å². The molecule has 0 bridgehead atoms. The smallest absolute Gasteiger partial charge is 0.257 e. The number of carbonyl (C=O) groups excluding carboxylic acids is 1. The number of ether oxygens (including phenoxy) is 1. The van der Waals surface area contributed by atoms with Gasteiger partial charge in [-0.05, 0) is 74.6 Å². The van der Waals surface area contributed by atoms with Crippen molar-refractivity contribution in [2.45, 2.75) is 13.8 Å². The van der Waals surface area contributed by atoms with Crippen molar-refractivity contribution in [3.63, 3.8) is 0 Å². The van der Waals surface area contributed by atoms with Gasteiger partial charge in [0.2, 0.25) is 0 Å². The Balaban J connectivity index is 1.45. The molecule has 2 N–H and O–H groups in total. The number of anilines is 1. The second kappa shape index (κ2) is 8.93. The van der Waals surface area contributed by atoms with Crippen LogP contribution in [0, 0.1) is 6.92 Å². The van der Waals surface area contributed by atoms with Gasteiger partial charge in [-0.25, -0.2) is 0 Å². The highest BCUT2D eigenvalue weighted by Gasteiger charge is 2.10. The van der Waals surface area contributed by atoms with Crippen LogP contribution in [0.25, 0.3) is 16.7 Å². The molecule has 0 saturated carbocycles. The molecule has 4 rings (SSSR count). The molecule has 8 heteroatoms. The fourth-order valence-electron chi connectivity index (χ4n) is 3.02. The molecule has 31 heavy (non-hydrogen) atoms. The predicted molar refractivity (Wildman–Crippen MR) is 125 cm³/mol. The Bertz CT molecular complexity index is 1250. The lowest BCUT2D eigenvalue weighted by Gasteiger charge is -2.10. The number of aryl methyl sites for hydroxylation is 1. The lowest BCUT2D eigenvalue weighted by atomic mass is 10.2. The van der Waals surface area contributed by atoms with Gasteiger partial charge in [0.25, 0.3) is 5.91 Å². The van der Waals surface area contributed by atoms with E-state index in [0.29, 0.717) is 29.1 Å². The normalized spacial score (nSPS) is 10.6. The summed E-state index contributed by atoms with van der Waals surface area (Å²) in [5.74, 6) is 0.321. The van der Waals surface area contributed by atoms with Gasteiger partial charge in [0.05, 0.1) is 12.3 Å². The summed E-state index contributed by atoms with van der Waals surface area (Å²) in [6.07, 6.45) is 0. The number of nitrogens with zero attached hydrogens (tertiary/aromatic N) is 3. The third kappa shape index (κ3) is 4.87. The molecule has 0 unspecified atom stereocenters. The van der Waals surface area contributed by atoms with Crippen LogP contribution < -0.4 is 15.4 Å². The quantitative estimate of drug-likeness (QED) is 0.460. The van der Waals surface area contributed by atoms with Crippen LogP contribution in [0.5, 0.6) is 5.75 Å². The third-order valence-corrected chi connectivity index (χ3v) is 4.74. The molecule has 0 saturated heterocycles. The number of aromatic nitrogens is 3. The van der Waals surface area contributed by atoms with Crippen LogP contribution in [0.15, 0.2) is 66.7 Å². The predicted octanol–water partition coefficient (Wildman–Crippen LogP) is 4.25. The lowest BCUT2D eigenvalue weighted by Crippen LogP contribution is -2.34. The molecule has 3 aromatic carbocycles. The van der Waals surface area contributed by atoms with Gasteiger partial charge in [-0.2, -0.15) is 4.80 Å². The first-order valence-corrected chi connectivity index (χ1v) is 10.2. The number of rotatable bonds is 5. The largest absolute Gasteiger partial charge is 0.494 e. The molecule has 0 aliphatic heterocycles. The molecule has 0 atom stereocenters. The van der Waals surface area contributed by atoms with E-state index >= 15 is 0 Å². The molecule has 1 amide bonds. The van der Waals surface area contributed by atoms with E-state index in [9.17, 15) is 4.79 Å². The molecule has 1 aromatic heterocycles. The van der Waals surface area contributed by atoms with Crippen LogP contribution in [0.4, 0.5) is 5.69 Å². The minimum atomic E-state index is -0.314. The van der Waals surface area contributed by atoms with Gasteiger partial charge in [0.15, 0.2) is 5.11 Å². The molecular formula is C23H21N5O2S. The maximum Gasteiger partial charge on any atom is 0.257 e. The van der Waals surface area contributed by atoms with Crippen LogP contribution in [-0.2, 0) is 0 Å². The van der Waals surface area contributed by atoms with E-state index in [-0.39, 0.29) is 11.0 Å². The van der Waals surface area contributed by atoms with E-state index in [4.69, 9.17) is 17.0 Å². The fraction of sp³-hybridized carbons (Fsp3) is 0.130. The molecule has 1 heterocycles. The van der Waals surface area contributed by atoms with E-state index in [2.05, 4.69) is 20.8 Å². The summed E-state index contributed by atoms with van der Waals surface area (Å²) in [6.45, 7) is 4.45. The zero-order valence-electron chi connectivity index (χ0n) is 17.1. The molecular weight excluding hydrogens is 410 g/mol. The summed E-state index contributed by atoms with van der Waals surface area (Å²) >= 11 is 5.30. The summed E-state index contributed by atoms with van der Waals surface area (Å²) in [7, 11) is 0. The summed E-state index contributed by atoms with van der Waals surface area (Å²) in [4.78, 5) is 14.1. The highest BCUT2D eigenvalue weighted by molar-refractivity contribution is 7.80. The second-order valence-electron chi connectivity index (χ2n) is 6.90. The summed E-state index contributed by atoms with van der Waals surface area (Å²) < 4.78 is 5.43. The van der Waals surface area contributed by atoms with E-state index in [0.717, 1.165) is 11.2 Å². The Morgan fingerprint density at radius 3 is 2.58 bits per heavy atom. The number of hydrogen-bond donors (Lipinski definition) is 2. The first kappa shape index (κ1) is 20.5. The van der Waals surface area contributed by atoms with E-state index in [1.807, 2.05) is 56.3 Å². The number of carbonyl (C=O) groups is 1. The fourth-order valence-corrected chi connectivity index (χ4v) is 3.23. The van der Waals surface area contributed by atoms with Crippen LogP contribution in [0.1, 0.15) is 22.8 Å². The molecule has 4 aromatic rings. The highest BCUT2D eigenvalue weighted by Crippen LogP contribution is 2.18. The molecule has 0 spiro atoms. The maximum absolute atomic E-state index is 12.5. The van der Waals surface area contributed by atoms with Crippen molar-refractivity contribution < 1.29 is 9.53 Å². The average Bonchev–Trinajstić information content (AvgIpc) is 3.18. The second-order valence-corrected chi connectivity index (χ2v) is 7.31. The zero-order chi connectivity index (χ0) is 21.8. The van der Waals surface area contributed by atoms with Gasteiger partial charge in [-0.15, -0.1) is 10.2 Å². The number of thiocarbonyl (C=S) groups is 1. The molecule has 0 aliphatic rings. The Kier molecular flexibility index (Phi) is 5.90. The first-order chi connectivity index (χ1) is 15.0. The van der Waals surface area contributed by atoms with Gasteiger partial charge < -0.3 is 10.1 Å². The van der Waals surface area contributed by atoms with E-state index < -0.39 is 0 Å². The summed E-state index contributed by atoms with van der Waals surface area (Å²) in [5.41, 5.74) is 4.70. The van der Waals surface area contributed by atoms with Crippen LogP contribution in [-0.4, -0.2) is 32.6 Å².